The minimum Gasteiger partial charge on any atom is -0.497 e. The van der Waals surface area contributed by atoms with E-state index < -0.39 is 0 Å². The molecule has 0 aliphatic carbocycles. The van der Waals surface area contributed by atoms with Crippen LogP contribution in [-0.2, 0) is 0 Å². The van der Waals surface area contributed by atoms with Gasteiger partial charge in [0.15, 0.2) is 0 Å². The van der Waals surface area contributed by atoms with Crippen LogP contribution in [-0.4, -0.2) is 30.2 Å². The van der Waals surface area contributed by atoms with Crippen molar-refractivity contribution in [1.29, 1.82) is 0 Å². The maximum Gasteiger partial charge on any atom is 0.134 e. The summed E-state index contributed by atoms with van der Waals surface area (Å²) < 4.78 is 5.26. The zero-order valence-corrected chi connectivity index (χ0v) is 11.2. The molecule has 4 heteroatoms. The van der Waals surface area contributed by atoms with E-state index in [2.05, 4.69) is 10.3 Å². The van der Waals surface area contributed by atoms with Gasteiger partial charge in [-0.2, -0.15) is 0 Å². The first-order valence-electron chi connectivity index (χ1n) is 6.47. The number of nitrogens with one attached hydrogen (secondary N) is 1. The van der Waals surface area contributed by atoms with Crippen molar-refractivity contribution < 1.29 is 4.74 Å². The second kappa shape index (κ2) is 4.97. The predicted octanol–water partition coefficient (Wildman–Crippen LogP) is 2.15. The zero-order chi connectivity index (χ0) is 13.2. The molecule has 1 aliphatic rings. The fraction of sp³-hybridized carbons (Fsp3) is 0.333. The number of hydrogen-bond donors (Lipinski definition) is 1. The summed E-state index contributed by atoms with van der Waals surface area (Å²) in [5.74, 6) is 2.24. The van der Waals surface area contributed by atoms with Crippen LogP contribution >= 0.6 is 0 Å². The van der Waals surface area contributed by atoms with Crippen LogP contribution in [0.5, 0.6) is 5.75 Å². The summed E-state index contributed by atoms with van der Waals surface area (Å²) >= 11 is 0. The second-order valence-corrected chi connectivity index (χ2v) is 4.84. The molecule has 19 heavy (non-hydrogen) atoms. The number of rotatable bonds is 3. The minimum absolute atomic E-state index is 0.448. The lowest BCUT2D eigenvalue weighted by atomic mass is 10.0. The maximum atomic E-state index is 5.26. The number of benzene rings is 1. The number of hydrogen-bond acceptors (Lipinski definition) is 4. The molecule has 0 bridgehead atoms. The minimum atomic E-state index is 0.448. The van der Waals surface area contributed by atoms with Crippen molar-refractivity contribution in [2.45, 2.75) is 12.8 Å². The molecule has 0 radical (unpaired) electrons. The Kier molecular flexibility index (Phi) is 3.17. The smallest absolute Gasteiger partial charge is 0.134 e. The highest BCUT2D eigenvalue weighted by molar-refractivity contribution is 5.61. The molecule has 1 aliphatic heterocycles. The quantitative estimate of drug-likeness (QED) is 0.913. The molecule has 1 fully saturated rings. The van der Waals surface area contributed by atoms with Gasteiger partial charge in [-0.25, -0.2) is 9.97 Å². The standard InChI is InChI=1S/C15H17N3O/c1-10-6-14(11-4-3-5-13(7-11)19-2)18-15(17-10)12-8-16-9-12/h3-7,12,16H,8-9H2,1-2H3. The third-order valence-corrected chi connectivity index (χ3v) is 3.38. The summed E-state index contributed by atoms with van der Waals surface area (Å²) in [5.41, 5.74) is 3.04. The number of aryl methyl sites for hydroxylation is 1. The Morgan fingerprint density at radius 2 is 2.05 bits per heavy atom. The highest BCUT2D eigenvalue weighted by Crippen LogP contribution is 2.25. The average molecular weight is 255 g/mol. The summed E-state index contributed by atoms with van der Waals surface area (Å²) in [6.45, 7) is 3.96. The summed E-state index contributed by atoms with van der Waals surface area (Å²) in [6, 6.07) is 9.99. The van der Waals surface area contributed by atoms with E-state index in [0.29, 0.717) is 5.92 Å². The summed E-state index contributed by atoms with van der Waals surface area (Å²) in [6.07, 6.45) is 0. The van der Waals surface area contributed by atoms with Gasteiger partial charge in [-0.3, -0.25) is 0 Å². The second-order valence-electron chi connectivity index (χ2n) is 4.84. The molecule has 0 unspecified atom stereocenters. The van der Waals surface area contributed by atoms with Crippen molar-refractivity contribution in [3.63, 3.8) is 0 Å². The predicted molar refractivity (Wildman–Crippen MR) is 74.4 cm³/mol. The van der Waals surface area contributed by atoms with Crippen LogP contribution in [0.3, 0.4) is 0 Å². The Labute approximate surface area is 112 Å². The van der Waals surface area contributed by atoms with E-state index in [9.17, 15) is 0 Å². The molecular formula is C15H17N3O. The van der Waals surface area contributed by atoms with Crippen molar-refractivity contribution in [1.82, 2.24) is 15.3 Å². The van der Waals surface area contributed by atoms with Gasteiger partial charge in [0, 0.05) is 30.3 Å². The van der Waals surface area contributed by atoms with Gasteiger partial charge in [0.05, 0.1) is 12.8 Å². The molecule has 1 saturated heterocycles. The molecule has 3 rings (SSSR count). The van der Waals surface area contributed by atoms with Crippen molar-refractivity contribution >= 4 is 0 Å². The normalized spacial score (nSPS) is 15.1. The van der Waals surface area contributed by atoms with Crippen molar-refractivity contribution in [2.24, 2.45) is 0 Å². The van der Waals surface area contributed by atoms with Crippen LogP contribution < -0.4 is 10.1 Å². The van der Waals surface area contributed by atoms with Crippen LogP contribution in [0.25, 0.3) is 11.3 Å². The molecule has 0 spiro atoms. The van der Waals surface area contributed by atoms with E-state index in [1.807, 2.05) is 37.3 Å². The average Bonchev–Trinajstić information content (AvgIpc) is 2.36. The van der Waals surface area contributed by atoms with Crippen LogP contribution in [0.2, 0.25) is 0 Å². The van der Waals surface area contributed by atoms with Gasteiger partial charge in [0.1, 0.15) is 11.6 Å². The largest absolute Gasteiger partial charge is 0.497 e. The van der Waals surface area contributed by atoms with E-state index in [1.165, 1.54) is 0 Å². The summed E-state index contributed by atoms with van der Waals surface area (Å²) in [4.78, 5) is 9.24. The van der Waals surface area contributed by atoms with E-state index in [4.69, 9.17) is 9.72 Å². The van der Waals surface area contributed by atoms with Crippen molar-refractivity contribution in [3.8, 4) is 17.0 Å². The van der Waals surface area contributed by atoms with E-state index in [-0.39, 0.29) is 0 Å². The molecule has 2 aromatic rings. The lowest BCUT2D eigenvalue weighted by Crippen LogP contribution is -2.41. The van der Waals surface area contributed by atoms with Gasteiger partial charge in [0.2, 0.25) is 0 Å². The highest BCUT2D eigenvalue weighted by Gasteiger charge is 2.22. The molecule has 1 aromatic heterocycles. The molecule has 0 atom stereocenters. The maximum absolute atomic E-state index is 5.26. The Morgan fingerprint density at radius 1 is 1.21 bits per heavy atom. The van der Waals surface area contributed by atoms with Gasteiger partial charge >= 0.3 is 0 Å². The van der Waals surface area contributed by atoms with Crippen LogP contribution in [0.1, 0.15) is 17.4 Å². The molecule has 0 amide bonds. The molecular weight excluding hydrogens is 238 g/mol. The third kappa shape index (κ3) is 2.44. The highest BCUT2D eigenvalue weighted by atomic mass is 16.5. The van der Waals surface area contributed by atoms with Gasteiger partial charge in [0.25, 0.3) is 0 Å². The lowest BCUT2D eigenvalue weighted by molar-refractivity contribution is 0.415. The number of aromatic nitrogens is 2. The number of nitrogens with zero attached hydrogens (tertiary/aromatic N) is 2. The Morgan fingerprint density at radius 3 is 2.74 bits per heavy atom. The van der Waals surface area contributed by atoms with E-state index in [0.717, 1.165) is 41.6 Å². The molecule has 4 nitrogen and oxygen atoms in total. The van der Waals surface area contributed by atoms with Crippen LogP contribution in [0.15, 0.2) is 30.3 Å². The Bertz CT molecular complexity index is 594. The van der Waals surface area contributed by atoms with Gasteiger partial charge in [-0.05, 0) is 25.1 Å². The van der Waals surface area contributed by atoms with Crippen molar-refractivity contribution in [2.75, 3.05) is 20.2 Å². The summed E-state index contributed by atoms with van der Waals surface area (Å²) in [7, 11) is 1.68. The zero-order valence-electron chi connectivity index (χ0n) is 11.2. The Hall–Kier alpha value is -1.94. The van der Waals surface area contributed by atoms with Crippen molar-refractivity contribution in [3.05, 3.63) is 41.9 Å². The molecule has 2 heterocycles. The van der Waals surface area contributed by atoms with Crippen LogP contribution in [0, 0.1) is 6.92 Å². The summed E-state index contributed by atoms with van der Waals surface area (Å²) in [5, 5.41) is 3.26. The number of methoxy groups -OCH3 is 1. The fourth-order valence-corrected chi connectivity index (χ4v) is 2.18. The number of ether oxygens (including phenoxy) is 1. The van der Waals surface area contributed by atoms with E-state index >= 15 is 0 Å². The van der Waals surface area contributed by atoms with Gasteiger partial charge in [-0.15, -0.1) is 0 Å². The first-order chi connectivity index (χ1) is 9.26. The lowest BCUT2D eigenvalue weighted by Gasteiger charge is -2.26. The first-order valence-corrected chi connectivity index (χ1v) is 6.47. The van der Waals surface area contributed by atoms with Gasteiger partial charge < -0.3 is 10.1 Å². The molecule has 1 N–H and O–H groups in total. The molecule has 98 valence electrons. The Balaban J connectivity index is 2.00. The van der Waals surface area contributed by atoms with E-state index in [1.54, 1.807) is 7.11 Å². The third-order valence-electron chi connectivity index (χ3n) is 3.38. The van der Waals surface area contributed by atoms with Gasteiger partial charge in [-0.1, -0.05) is 12.1 Å². The van der Waals surface area contributed by atoms with Crippen LogP contribution in [0.4, 0.5) is 0 Å². The first kappa shape index (κ1) is 12.1. The fourth-order valence-electron chi connectivity index (χ4n) is 2.18. The monoisotopic (exact) mass is 255 g/mol. The topological polar surface area (TPSA) is 47.0 Å². The molecule has 0 saturated carbocycles. The molecule has 1 aromatic carbocycles. The SMILES string of the molecule is COc1cccc(-c2cc(C)nc(C3CNC3)n2)c1.